The Bertz CT molecular complexity index is 811. The number of nitrogens with one attached hydrogen (secondary N) is 2. The van der Waals surface area contributed by atoms with Crippen molar-refractivity contribution in [3.05, 3.63) is 29.5 Å². The van der Waals surface area contributed by atoms with Crippen molar-refractivity contribution < 1.29 is 13.2 Å². The molecule has 3 rings (SSSR count). The highest BCUT2D eigenvalue weighted by molar-refractivity contribution is 7.89. The maximum atomic E-state index is 11.8. The lowest BCUT2D eigenvalue weighted by atomic mass is 9.88. The van der Waals surface area contributed by atoms with Crippen molar-refractivity contribution in [3.8, 4) is 5.75 Å². The molecule has 0 saturated heterocycles. The van der Waals surface area contributed by atoms with Gasteiger partial charge in [-0.1, -0.05) is 0 Å². The molecular formula is C16H23N3O3S. The summed E-state index contributed by atoms with van der Waals surface area (Å²) in [6, 6.07) is 4.24. The summed E-state index contributed by atoms with van der Waals surface area (Å²) in [7, 11) is 1.65. The molecule has 1 unspecified atom stereocenters. The Kier molecular flexibility index (Phi) is 4.35. The molecule has 2 N–H and O–H groups in total. The molecule has 23 heavy (non-hydrogen) atoms. The van der Waals surface area contributed by atoms with E-state index in [4.69, 9.17) is 4.74 Å². The fourth-order valence-corrected chi connectivity index (χ4v) is 3.95. The smallest absolute Gasteiger partial charge is 0.214 e. The van der Waals surface area contributed by atoms with E-state index >= 15 is 0 Å². The fourth-order valence-electron chi connectivity index (χ4n) is 3.21. The topological polar surface area (TPSA) is 74.4 Å². The summed E-state index contributed by atoms with van der Waals surface area (Å²) < 4.78 is 30.5. The molecule has 1 aromatic carbocycles. The van der Waals surface area contributed by atoms with E-state index in [9.17, 15) is 8.42 Å². The van der Waals surface area contributed by atoms with Crippen molar-refractivity contribution in [3.63, 3.8) is 0 Å². The number of hydrogen-bond donors (Lipinski definition) is 2. The van der Waals surface area contributed by atoms with Crippen molar-refractivity contribution in [2.24, 2.45) is 0 Å². The molecule has 1 atom stereocenters. The van der Waals surface area contributed by atoms with Crippen LogP contribution in [-0.2, 0) is 22.9 Å². The number of hydrogen-bond acceptors (Lipinski definition) is 4. The van der Waals surface area contributed by atoms with E-state index in [-0.39, 0.29) is 11.8 Å². The third-order valence-corrected chi connectivity index (χ3v) is 6.31. The van der Waals surface area contributed by atoms with Gasteiger partial charge in [0.25, 0.3) is 0 Å². The SMILES string of the molecule is COc1ccc2[nH]cc3c2c1CC(NCCS(=O)(=O)N(C)C)C3. The van der Waals surface area contributed by atoms with Gasteiger partial charge < -0.3 is 15.0 Å². The number of aromatic amines is 1. The molecule has 0 aliphatic heterocycles. The number of methoxy groups -OCH3 is 1. The minimum absolute atomic E-state index is 0.109. The van der Waals surface area contributed by atoms with Crippen molar-refractivity contribution in [1.29, 1.82) is 0 Å². The maximum absolute atomic E-state index is 11.8. The normalized spacial score (nSPS) is 17.8. The lowest BCUT2D eigenvalue weighted by molar-refractivity contribution is 0.404. The van der Waals surface area contributed by atoms with E-state index in [1.165, 1.54) is 20.8 Å². The highest BCUT2D eigenvalue weighted by atomic mass is 32.2. The Hall–Kier alpha value is -1.57. The van der Waals surface area contributed by atoms with E-state index in [0.29, 0.717) is 6.54 Å². The van der Waals surface area contributed by atoms with E-state index in [0.717, 1.165) is 24.1 Å². The van der Waals surface area contributed by atoms with Crippen molar-refractivity contribution in [2.75, 3.05) is 33.5 Å². The van der Waals surface area contributed by atoms with Gasteiger partial charge in [0, 0.05) is 49.3 Å². The molecule has 2 aromatic rings. The van der Waals surface area contributed by atoms with Gasteiger partial charge in [0.15, 0.2) is 0 Å². The van der Waals surface area contributed by atoms with Crippen LogP contribution in [0.15, 0.2) is 18.3 Å². The van der Waals surface area contributed by atoms with Crippen molar-refractivity contribution >= 4 is 20.9 Å². The van der Waals surface area contributed by atoms with Crippen LogP contribution in [0.5, 0.6) is 5.75 Å². The molecule has 1 heterocycles. The third-order valence-electron chi connectivity index (χ3n) is 4.48. The lowest BCUT2D eigenvalue weighted by Crippen LogP contribution is -2.39. The van der Waals surface area contributed by atoms with Gasteiger partial charge in [0.05, 0.1) is 12.9 Å². The Labute approximate surface area is 136 Å². The predicted molar refractivity (Wildman–Crippen MR) is 91.5 cm³/mol. The average molecular weight is 337 g/mol. The number of aromatic nitrogens is 1. The monoisotopic (exact) mass is 337 g/mol. The molecule has 0 saturated carbocycles. The zero-order valence-corrected chi connectivity index (χ0v) is 14.5. The first kappa shape index (κ1) is 16.3. The second kappa shape index (κ2) is 6.14. The maximum Gasteiger partial charge on any atom is 0.214 e. The van der Waals surface area contributed by atoms with Crippen LogP contribution in [0.2, 0.25) is 0 Å². The van der Waals surface area contributed by atoms with Gasteiger partial charge in [0.2, 0.25) is 10.0 Å². The first-order valence-electron chi connectivity index (χ1n) is 7.72. The molecule has 7 heteroatoms. The molecule has 0 fully saturated rings. The minimum Gasteiger partial charge on any atom is -0.496 e. The van der Waals surface area contributed by atoms with Gasteiger partial charge in [-0.05, 0) is 30.5 Å². The van der Waals surface area contributed by atoms with Crippen LogP contribution in [0, 0.1) is 0 Å². The third kappa shape index (κ3) is 3.08. The molecule has 0 radical (unpaired) electrons. The summed E-state index contributed by atoms with van der Waals surface area (Å²) in [4.78, 5) is 3.30. The summed E-state index contributed by atoms with van der Waals surface area (Å²) in [6.45, 7) is 0.448. The van der Waals surface area contributed by atoms with Crippen LogP contribution in [0.1, 0.15) is 11.1 Å². The number of ether oxygens (including phenoxy) is 1. The van der Waals surface area contributed by atoms with Gasteiger partial charge in [-0.2, -0.15) is 0 Å². The molecule has 1 aliphatic rings. The molecule has 0 spiro atoms. The molecule has 6 nitrogen and oxygen atoms in total. The Morgan fingerprint density at radius 3 is 2.83 bits per heavy atom. The van der Waals surface area contributed by atoms with Gasteiger partial charge in [-0.15, -0.1) is 0 Å². The van der Waals surface area contributed by atoms with Crippen LogP contribution in [0.4, 0.5) is 0 Å². The summed E-state index contributed by atoms with van der Waals surface area (Å²) in [5.74, 6) is 1.00. The van der Waals surface area contributed by atoms with E-state index in [2.05, 4.69) is 10.3 Å². The summed E-state index contributed by atoms with van der Waals surface area (Å²) >= 11 is 0. The molecule has 0 amide bonds. The Morgan fingerprint density at radius 2 is 2.13 bits per heavy atom. The molecule has 1 aromatic heterocycles. The number of rotatable bonds is 6. The number of benzene rings is 1. The van der Waals surface area contributed by atoms with Gasteiger partial charge >= 0.3 is 0 Å². The van der Waals surface area contributed by atoms with Crippen LogP contribution in [0.25, 0.3) is 10.9 Å². The molecule has 126 valence electrons. The van der Waals surface area contributed by atoms with Gasteiger partial charge in [0.1, 0.15) is 5.75 Å². The number of H-pyrrole nitrogens is 1. The highest BCUT2D eigenvalue weighted by Crippen LogP contribution is 2.35. The van der Waals surface area contributed by atoms with E-state index in [1.807, 2.05) is 18.3 Å². The second-order valence-electron chi connectivity index (χ2n) is 6.14. The summed E-state index contributed by atoms with van der Waals surface area (Å²) in [5, 5.41) is 4.64. The predicted octanol–water partition coefficient (Wildman–Crippen LogP) is 1.12. The van der Waals surface area contributed by atoms with E-state index in [1.54, 1.807) is 21.2 Å². The Balaban J connectivity index is 1.74. The second-order valence-corrected chi connectivity index (χ2v) is 8.44. The zero-order valence-electron chi connectivity index (χ0n) is 13.7. The highest BCUT2D eigenvalue weighted by Gasteiger charge is 2.25. The Morgan fingerprint density at radius 1 is 1.35 bits per heavy atom. The molecule has 0 bridgehead atoms. The molecular weight excluding hydrogens is 314 g/mol. The lowest BCUT2D eigenvalue weighted by Gasteiger charge is -2.25. The number of sulfonamides is 1. The van der Waals surface area contributed by atoms with Crippen LogP contribution in [-0.4, -0.2) is 57.3 Å². The summed E-state index contributed by atoms with van der Waals surface area (Å²) in [6.07, 6.45) is 3.77. The average Bonchev–Trinajstić information content (AvgIpc) is 2.92. The summed E-state index contributed by atoms with van der Waals surface area (Å²) in [5.41, 5.74) is 3.58. The standard InChI is InChI=1S/C16H23N3O3S/c1-19(2)23(20,21)7-6-17-12-8-11-10-18-14-4-5-15(22-3)13(9-12)16(11)14/h4-5,10,12,17-18H,6-9H2,1-3H3. The first-order chi connectivity index (χ1) is 10.9. The van der Waals surface area contributed by atoms with Crippen LogP contribution < -0.4 is 10.1 Å². The quantitative estimate of drug-likeness (QED) is 0.828. The minimum atomic E-state index is -3.16. The first-order valence-corrected chi connectivity index (χ1v) is 9.32. The zero-order chi connectivity index (χ0) is 16.6. The van der Waals surface area contributed by atoms with E-state index < -0.39 is 10.0 Å². The van der Waals surface area contributed by atoms with Gasteiger partial charge in [-0.3, -0.25) is 0 Å². The van der Waals surface area contributed by atoms with Crippen molar-refractivity contribution in [1.82, 2.24) is 14.6 Å². The van der Waals surface area contributed by atoms with Crippen molar-refractivity contribution in [2.45, 2.75) is 18.9 Å². The van der Waals surface area contributed by atoms with Gasteiger partial charge in [-0.25, -0.2) is 12.7 Å². The fraction of sp³-hybridized carbons (Fsp3) is 0.500. The van der Waals surface area contributed by atoms with Crippen LogP contribution in [0.3, 0.4) is 0 Å². The van der Waals surface area contributed by atoms with Crippen LogP contribution >= 0.6 is 0 Å². The molecule has 1 aliphatic carbocycles. The number of nitrogens with zero attached hydrogens (tertiary/aromatic N) is 1. The largest absolute Gasteiger partial charge is 0.496 e.